The maximum atomic E-state index is 13.0. The molecule has 1 aromatic carbocycles. The summed E-state index contributed by atoms with van der Waals surface area (Å²) in [6.45, 7) is 8.44. The lowest BCUT2D eigenvalue weighted by atomic mass is 10.0. The van der Waals surface area contributed by atoms with Gasteiger partial charge in [-0.15, -0.1) is 0 Å². The minimum atomic E-state index is -0.561. The second-order valence-electron chi connectivity index (χ2n) is 8.87. The molecule has 0 bridgehead atoms. The fourth-order valence-corrected chi connectivity index (χ4v) is 4.31. The van der Waals surface area contributed by atoms with Crippen molar-refractivity contribution in [1.82, 2.24) is 14.8 Å². The van der Waals surface area contributed by atoms with Crippen molar-refractivity contribution in [1.29, 1.82) is 0 Å². The van der Waals surface area contributed by atoms with E-state index in [2.05, 4.69) is 5.32 Å². The number of hydrogen-bond acceptors (Lipinski definition) is 5. The number of Topliss-reactive ketones (excluding diaryl/α,β-unsaturated/α-hetero) is 1. The van der Waals surface area contributed by atoms with Crippen molar-refractivity contribution in [3.63, 3.8) is 0 Å². The van der Waals surface area contributed by atoms with Crippen LogP contribution in [0.15, 0.2) is 30.3 Å². The highest BCUT2D eigenvalue weighted by atomic mass is 16.6. The first kappa shape index (κ1) is 21.9. The van der Waals surface area contributed by atoms with Gasteiger partial charge in [-0.25, -0.2) is 4.79 Å². The summed E-state index contributed by atoms with van der Waals surface area (Å²) in [7, 11) is 0. The van der Waals surface area contributed by atoms with Gasteiger partial charge >= 0.3 is 6.03 Å². The third kappa shape index (κ3) is 4.22. The van der Waals surface area contributed by atoms with Crippen LogP contribution in [0.25, 0.3) is 0 Å². The molecule has 0 radical (unpaired) electrons. The Labute approximate surface area is 187 Å². The van der Waals surface area contributed by atoms with E-state index in [0.717, 1.165) is 22.0 Å². The van der Waals surface area contributed by atoms with Crippen molar-refractivity contribution < 1.29 is 23.9 Å². The number of carbonyl (C=O) groups excluding carboxylic acids is 3. The van der Waals surface area contributed by atoms with Crippen LogP contribution in [0.4, 0.5) is 4.79 Å². The molecule has 2 atom stereocenters. The number of nitrogens with zero attached hydrogens (tertiary/aromatic N) is 2. The number of aryl methyl sites for hydroxylation is 1. The molecule has 3 amide bonds. The first-order valence-corrected chi connectivity index (χ1v) is 10.9. The summed E-state index contributed by atoms with van der Waals surface area (Å²) in [5.74, 6) is 1.10. The summed E-state index contributed by atoms with van der Waals surface area (Å²) < 4.78 is 13.9. The zero-order chi connectivity index (χ0) is 23.0. The summed E-state index contributed by atoms with van der Waals surface area (Å²) in [6.07, 6.45) is 0.358. The molecule has 1 saturated heterocycles. The van der Waals surface area contributed by atoms with Crippen molar-refractivity contribution in [2.75, 3.05) is 13.2 Å². The number of amides is 3. The third-order valence-electron chi connectivity index (χ3n) is 5.94. The highest BCUT2D eigenvalue weighted by molar-refractivity contribution is 6.09. The molecule has 4 rings (SSSR count). The Hall–Kier alpha value is -3.29. The molecule has 8 nitrogen and oxygen atoms in total. The number of carbonyl (C=O) groups is 3. The highest BCUT2D eigenvalue weighted by Crippen LogP contribution is 2.31. The number of rotatable bonds is 7. The number of fused-ring (bicyclic) bond motifs is 1. The lowest BCUT2D eigenvalue weighted by molar-refractivity contribution is -0.127. The predicted octanol–water partition coefficient (Wildman–Crippen LogP) is 3.09. The molecule has 2 aliphatic rings. The largest absolute Gasteiger partial charge is 0.486 e. The van der Waals surface area contributed by atoms with Crippen molar-refractivity contribution in [3.05, 3.63) is 47.3 Å². The number of hydrogen-bond donors (Lipinski definition) is 1. The summed E-state index contributed by atoms with van der Waals surface area (Å²) in [4.78, 5) is 38.9. The molecule has 0 unspecified atom stereocenters. The molecule has 2 aliphatic heterocycles. The zero-order valence-electron chi connectivity index (χ0n) is 18.9. The van der Waals surface area contributed by atoms with E-state index in [1.165, 1.54) is 0 Å². The molecule has 170 valence electrons. The van der Waals surface area contributed by atoms with Crippen LogP contribution in [-0.4, -0.2) is 52.5 Å². The quantitative estimate of drug-likeness (QED) is 0.529. The van der Waals surface area contributed by atoms with Gasteiger partial charge in [0.15, 0.2) is 23.4 Å². The van der Waals surface area contributed by atoms with Gasteiger partial charge in [-0.2, -0.15) is 0 Å². The van der Waals surface area contributed by atoms with Crippen LogP contribution in [-0.2, 0) is 11.3 Å². The minimum absolute atomic E-state index is 0.194. The maximum Gasteiger partial charge on any atom is 0.325 e. The van der Waals surface area contributed by atoms with E-state index in [9.17, 15) is 14.4 Å². The molecule has 8 heteroatoms. The van der Waals surface area contributed by atoms with Gasteiger partial charge in [0.2, 0.25) is 0 Å². The normalized spacial score (nSPS) is 20.1. The number of nitrogens with one attached hydrogen (secondary N) is 1. The van der Waals surface area contributed by atoms with Gasteiger partial charge in [-0.05, 0) is 44.4 Å². The van der Waals surface area contributed by atoms with Crippen LogP contribution in [0.2, 0.25) is 0 Å². The molecule has 0 spiro atoms. The Morgan fingerprint density at radius 2 is 1.91 bits per heavy atom. The molecule has 3 heterocycles. The van der Waals surface area contributed by atoms with E-state index in [-0.39, 0.29) is 30.3 Å². The van der Waals surface area contributed by atoms with Crippen molar-refractivity contribution in [2.24, 2.45) is 5.92 Å². The molecule has 1 aromatic heterocycles. The van der Waals surface area contributed by atoms with E-state index < -0.39 is 12.1 Å². The third-order valence-corrected chi connectivity index (χ3v) is 5.94. The molecular weight excluding hydrogens is 410 g/mol. The molecule has 0 aliphatic carbocycles. The van der Waals surface area contributed by atoms with Crippen LogP contribution in [0.5, 0.6) is 11.5 Å². The monoisotopic (exact) mass is 439 g/mol. The molecule has 2 aromatic rings. The van der Waals surface area contributed by atoms with E-state index in [0.29, 0.717) is 30.9 Å². The van der Waals surface area contributed by atoms with Gasteiger partial charge in [-0.1, -0.05) is 26.0 Å². The van der Waals surface area contributed by atoms with Crippen LogP contribution in [0, 0.1) is 19.8 Å². The van der Waals surface area contributed by atoms with Gasteiger partial charge < -0.3 is 19.4 Å². The van der Waals surface area contributed by atoms with Crippen LogP contribution in [0.1, 0.15) is 42.0 Å². The van der Waals surface area contributed by atoms with Gasteiger partial charge in [0.05, 0.1) is 13.1 Å². The Kier molecular flexibility index (Phi) is 5.95. The number of urea groups is 1. The number of ketones is 1. The van der Waals surface area contributed by atoms with Crippen LogP contribution < -0.4 is 14.8 Å². The maximum absolute atomic E-state index is 13.0. The van der Waals surface area contributed by atoms with Crippen molar-refractivity contribution in [3.8, 4) is 11.5 Å². The number of imide groups is 1. The lowest BCUT2D eigenvalue weighted by Crippen LogP contribution is -2.36. The molecule has 32 heavy (non-hydrogen) atoms. The first-order chi connectivity index (χ1) is 15.2. The minimum Gasteiger partial charge on any atom is -0.486 e. The van der Waals surface area contributed by atoms with Crippen molar-refractivity contribution >= 4 is 17.7 Å². The zero-order valence-corrected chi connectivity index (χ0v) is 18.9. The fourth-order valence-electron chi connectivity index (χ4n) is 4.31. The van der Waals surface area contributed by atoms with E-state index in [4.69, 9.17) is 9.47 Å². The smallest absolute Gasteiger partial charge is 0.325 e. The van der Waals surface area contributed by atoms with E-state index >= 15 is 0 Å². The lowest BCUT2D eigenvalue weighted by Gasteiger charge is -2.27. The Bertz CT molecular complexity index is 1060. The van der Waals surface area contributed by atoms with E-state index in [1.807, 2.05) is 56.5 Å². The number of benzene rings is 1. The molecule has 0 saturated carbocycles. The highest BCUT2D eigenvalue weighted by Gasteiger charge is 2.39. The fraction of sp³-hybridized carbons (Fsp3) is 0.458. The summed E-state index contributed by atoms with van der Waals surface area (Å²) in [5, 5.41) is 2.69. The topological polar surface area (TPSA) is 89.9 Å². The van der Waals surface area contributed by atoms with Crippen LogP contribution >= 0.6 is 0 Å². The van der Waals surface area contributed by atoms with Gasteiger partial charge in [0, 0.05) is 17.0 Å². The second kappa shape index (κ2) is 8.68. The summed E-state index contributed by atoms with van der Waals surface area (Å²) in [5.41, 5.74) is 2.19. The average Bonchev–Trinajstić information content (AvgIpc) is 3.18. The molecule has 1 N–H and O–H groups in total. The summed E-state index contributed by atoms with van der Waals surface area (Å²) in [6, 6.07) is 8.28. The number of para-hydroxylation sites is 2. The van der Waals surface area contributed by atoms with Gasteiger partial charge in [0.25, 0.3) is 5.91 Å². The average molecular weight is 440 g/mol. The molecule has 1 fully saturated rings. The number of ether oxygens (including phenoxy) is 2. The Morgan fingerprint density at radius 1 is 1.19 bits per heavy atom. The first-order valence-electron chi connectivity index (χ1n) is 10.9. The second-order valence-corrected chi connectivity index (χ2v) is 8.87. The number of aromatic nitrogens is 1. The Balaban J connectivity index is 1.45. The van der Waals surface area contributed by atoms with Crippen molar-refractivity contribution in [2.45, 2.75) is 52.8 Å². The van der Waals surface area contributed by atoms with Gasteiger partial charge in [-0.3, -0.25) is 14.5 Å². The Morgan fingerprint density at radius 3 is 2.62 bits per heavy atom. The predicted molar refractivity (Wildman–Crippen MR) is 118 cm³/mol. The van der Waals surface area contributed by atoms with Crippen LogP contribution in [0.3, 0.4) is 0 Å². The van der Waals surface area contributed by atoms with E-state index in [1.54, 1.807) is 6.07 Å². The van der Waals surface area contributed by atoms with Gasteiger partial charge in [0.1, 0.15) is 12.6 Å². The standard InChI is InChI=1S/C24H29N3O5/c1-14(2)9-19-23(29)27(24(30)25-19)12-20(28)18-10-15(3)26(16(18)4)11-17-13-31-21-7-5-6-8-22(21)32-17/h5-8,10,14,17,19H,9,11-13H2,1-4H3,(H,25,30)/t17-,19+/m1/s1. The summed E-state index contributed by atoms with van der Waals surface area (Å²) >= 11 is 0. The SMILES string of the molecule is Cc1cc(C(=O)CN2C(=O)N[C@@H](CC(C)C)C2=O)c(C)n1C[C@@H]1COc2ccccc2O1. The molecular formula is C24H29N3O5.